The van der Waals surface area contributed by atoms with Crippen LogP contribution in [0.3, 0.4) is 0 Å². The Kier molecular flexibility index (Phi) is 5.61. The molecule has 0 aromatic carbocycles. The number of rotatable bonds is 6. The Morgan fingerprint density at radius 1 is 1.44 bits per heavy atom. The molecule has 0 unspecified atom stereocenters. The summed E-state index contributed by atoms with van der Waals surface area (Å²) < 4.78 is 17.3. The van der Waals surface area contributed by atoms with E-state index in [-0.39, 0.29) is 6.10 Å². The second-order valence-corrected chi connectivity index (χ2v) is 4.64. The lowest BCUT2D eigenvalue weighted by Crippen LogP contribution is -2.11. The van der Waals surface area contributed by atoms with E-state index in [9.17, 15) is 4.79 Å². The molecule has 18 heavy (non-hydrogen) atoms. The van der Waals surface area contributed by atoms with E-state index in [2.05, 4.69) is 25.8 Å². The van der Waals surface area contributed by atoms with Crippen molar-refractivity contribution in [2.75, 3.05) is 20.3 Å². The molecule has 0 spiro atoms. The Labute approximate surface area is 114 Å². The summed E-state index contributed by atoms with van der Waals surface area (Å²) >= 11 is 3.27. The molecule has 1 aromatic rings. The van der Waals surface area contributed by atoms with Gasteiger partial charge in [-0.1, -0.05) is 0 Å². The second-order valence-electron chi connectivity index (χ2n) is 3.85. The first-order chi connectivity index (χ1) is 8.47. The lowest BCUT2D eigenvalue weighted by atomic mass is 10.4. The van der Waals surface area contributed by atoms with Crippen LogP contribution >= 0.6 is 15.9 Å². The first-order valence-electron chi connectivity index (χ1n) is 5.52. The fourth-order valence-corrected chi connectivity index (χ4v) is 1.92. The highest BCUT2D eigenvalue weighted by Gasteiger charge is 2.21. The first-order valence-corrected chi connectivity index (χ1v) is 6.31. The SMILES string of the molecule is COC(=O)c1c(Br)c(OCCOC(C)C)nn1C. The van der Waals surface area contributed by atoms with Crippen LogP contribution in [0.15, 0.2) is 4.47 Å². The normalized spacial score (nSPS) is 10.8. The van der Waals surface area contributed by atoms with Crippen LogP contribution in [-0.4, -0.2) is 42.2 Å². The lowest BCUT2D eigenvalue weighted by molar-refractivity contribution is 0.0539. The third-order valence-electron chi connectivity index (χ3n) is 2.11. The number of halogens is 1. The molecular weight excluding hydrogens is 304 g/mol. The van der Waals surface area contributed by atoms with Crippen LogP contribution in [0.25, 0.3) is 0 Å². The minimum atomic E-state index is -0.467. The predicted octanol–water partition coefficient (Wildman–Crippen LogP) is 1.77. The van der Waals surface area contributed by atoms with Gasteiger partial charge in [-0.3, -0.25) is 4.68 Å². The van der Waals surface area contributed by atoms with E-state index in [0.29, 0.717) is 29.3 Å². The van der Waals surface area contributed by atoms with E-state index in [0.717, 1.165) is 0 Å². The molecule has 7 heteroatoms. The largest absolute Gasteiger partial charge is 0.473 e. The highest BCUT2D eigenvalue weighted by Crippen LogP contribution is 2.27. The summed E-state index contributed by atoms with van der Waals surface area (Å²) in [6, 6.07) is 0. The second kappa shape index (κ2) is 6.75. The van der Waals surface area contributed by atoms with Crippen LogP contribution in [0.5, 0.6) is 5.88 Å². The van der Waals surface area contributed by atoms with E-state index < -0.39 is 5.97 Å². The summed E-state index contributed by atoms with van der Waals surface area (Å²) in [5.41, 5.74) is 0.317. The summed E-state index contributed by atoms with van der Waals surface area (Å²) in [5.74, 6) is -0.115. The Balaban J connectivity index is 2.65. The molecule has 102 valence electrons. The van der Waals surface area contributed by atoms with Crippen LogP contribution in [-0.2, 0) is 16.5 Å². The van der Waals surface area contributed by atoms with Gasteiger partial charge in [0, 0.05) is 7.05 Å². The molecule has 0 amide bonds. The summed E-state index contributed by atoms with van der Waals surface area (Å²) in [4.78, 5) is 11.5. The molecule has 0 saturated heterocycles. The van der Waals surface area contributed by atoms with Crippen molar-refractivity contribution in [1.82, 2.24) is 9.78 Å². The molecule has 0 radical (unpaired) electrons. The summed E-state index contributed by atoms with van der Waals surface area (Å²) in [5, 5.41) is 4.09. The molecule has 0 bridgehead atoms. The number of carbonyl (C=O) groups excluding carboxylic acids is 1. The van der Waals surface area contributed by atoms with Gasteiger partial charge in [0.15, 0.2) is 5.69 Å². The highest BCUT2D eigenvalue weighted by atomic mass is 79.9. The molecule has 1 rings (SSSR count). The quantitative estimate of drug-likeness (QED) is 0.590. The van der Waals surface area contributed by atoms with Gasteiger partial charge >= 0.3 is 5.97 Å². The van der Waals surface area contributed by atoms with E-state index in [4.69, 9.17) is 9.47 Å². The third kappa shape index (κ3) is 3.71. The van der Waals surface area contributed by atoms with Gasteiger partial charge in [0.1, 0.15) is 11.1 Å². The molecule has 1 heterocycles. The van der Waals surface area contributed by atoms with Gasteiger partial charge in [0.05, 0.1) is 19.8 Å². The highest BCUT2D eigenvalue weighted by molar-refractivity contribution is 9.10. The minimum Gasteiger partial charge on any atom is -0.473 e. The minimum absolute atomic E-state index is 0.159. The number of hydrogen-bond acceptors (Lipinski definition) is 5. The van der Waals surface area contributed by atoms with Crippen LogP contribution in [0, 0.1) is 0 Å². The Morgan fingerprint density at radius 3 is 2.67 bits per heavy atom. The molecular formula is C11H17BrN2O4. The van der Waals surface area contributed by atoms with Gasteiger partial charge in [0.25, 0.3) is 0 Å². The number of nitrogens with zero attached hydrogens (tertiary/aromatic N) is 2. The van der Waals surface area contributed by atoms with Crippen molar-refractivity contribution < 1.29 is 19.0 Å². The molecule has 0 aliphatic carbocycles. The maximum atomic E-state index is 11.5. The number of aryl methyl sites for hydroxylation is 1. The zero-order chi connectivity index (χ0) is 13.7. The Hall–Kier alpha value is -1.08. The lowest BCUT2D eigenvalue weighted by Gasteiger charge is -2.07. The smallest absolute Gasteiger partial charge is 0.357 e. The number of carbonyl (C=O) groups is 1. The van der Waals surface area contributed by atoms with Crippen LogP contribution in [0.4, 0.5) is 0 Å². The van der Waals surface area contributed by atoms with Crippen molar-refractivity contribution in [3.8, 4) is 5.88 Å². The van der Waals surface area contributed by atoms with Crippen molar-refractivity contribution in [2.24, 2.45) is 7.05 Å². The van der Waals surface area contributed by atoms with Gasteiger partial charge in [-0.05, 0) is 29.8 Å². The maximum Gasteiger partial charge on any atom is 0.357 e. The summed E-state index contributed by atoms with van der Waals surface area (Å²) in [6.07, 6.45) is 0.159. The number of hydrogen-bond donors (Lipinski definition) is 0. The number of methoxy groups -OCH3 is 1. The van der Waals surface area contributed by atoms with Gasteiger partial charge in [-0.2, -0.15) is 0 Å². The molecule has 0 fully saturated rings. The van der Waals surface area contributed by atoms with E-state index in [1.54, 1.807) is 7.05 Å². The Bertz CT molecular complexity index is 417. The predicted molar refractivity (Wildman–Crippen MR) is 68.8 cm³/mol. The van der Waals surface area contributed by atoms with Gasteiger partial charge < -0.3 is 14.2 Å². The summed E-state index contributed by atoms with van der Waals surface area (Å²) in [7, 11) is 2.97. The number of esters is 1. The summed E-state index contributed by atoms with van der Waals surface area (Å²) in [6.45, 7) is 4.74. The maximum absolute atomic E-state index is 11.5. The molecule has 0 aliphatic heterocycles. The van der Waals surface area contributed by atoms with Crippen LogP contribution in [0.2, 0.25) is 0 Å². The van der Waals surface area contributed by atoms with Crippen molar-refractivity contribution >= 4 is 21.9 Å². The fraction of sp³-hybridized carbons (Fsp3) is 0.636. The van der Waals surface area contributed by atoms with Crippen molar-refractivity contribution in [3.63, 3.8) is 0 Å². The zero-order valence-electron chi connectivity index (χ0n) is 10.9. The topological polar surface area (TPSA) is 62.6 Å². The molecule has 6 nitrogen and oxygen atoms in total. The van der Waals surface area contributed by atoms with Gasteiger partial charge in [-0.15, -0.1) is 5.10 Å². The van der Waals surface area contributed by atoms with Crippen LogP contribution < -0.4 is 4.74 Å². The van der Waals surface area contributed by atoms with Crippen molar-refractivity contribution in [1.29, 1.82) is 0 Å². The molecule has 0 saturated carbocycles. The zero-order valence-corrected chi connectivity index (χ0v) is 12.5. The van der Waals surface area contributed by atoms with E-state index in [1.807, 2.05) is 13.8 Å². The number of aromatic nitrogens is 2. The van der Waals surface area contributed by atoms with E-state index in [1.165, 1.54) is 11.8 Å². The average Bonchev–Trinajstić information content (AvgIpc) is 2.59. The van der Waals surface area contributed by atoms with Crippen molar-refractivity contribution in [3.05, 3.63) is 10.2 Å². The van der Waals surface area contributed by atoms with Crippen molar-refractivity contribution in [2.45, 2.75) is 20.0 Å². The molecule has 0 atom stereocenters. The van der Waals surface area contributed by atoms with Gasteiger partial charge in [0.2, 0.25) is 5.88 Å². The third-order valence-corrected chi connectivity index (χ3v) is 2.83. The average molecular weight is 321 g/mol. The van der Waals surface area contributed by atoms with Crippen LogP contribution in [0.1, 0.15) is 24.3 Å². The molecule has 0 aliphatic rings. The molecule has 1 aromatic heterocycles. The fourth-order valence-electron chi connectivity index (χ4n) is 1.31. The van der Waals surface area contributed by atoms with E-state index >= 15 is 0 Å². The standard InChI is InChI=1S/C11H17BrN2O4/c1-7(2)17-5-6-18-10-8(12)9(11(15)16-4)14(3)13-10/h7H,5-6H2,1-4H3. The molecule has 0 N–H and O–H groups in total. The monoisotopic (exact) mass is 320 g/mol. The number of ether oxygens (including phenoxy) is 3. The van der Waals surface area contributed by atoms with Gasteiger partial charge in [-0.25, -0.2) is 4.79 Å². The first kappa shape index (κ1) is 15.0. The Morgan fingerprint density at radius 2 is 2.11 bits per heavy atom.